The molecule has 0 spiro atoms. The number of thiazole rings is 1. The van der Waals surface area contributed by atoms with Crippen LogP contribution < -0.4 is 11.1 Å². The number of nitrogens with two attached hydrogens (primary N) is 1. The summed E-state index contributed by atoms with van der Waals surface area (Å²) >= 11 is 7.01. The Morgan fingerprint density at radius 1 is 1.50 bits per heavy atom. The number of halogens is 1. The molecule has 82 valence electrons. The molecular formula is C9H7ClN4OS. The van der Waals surface area contributed by atoms with E-state index in [4.69, 9.17) is 17.3 Å². The van der Waals surface area contributed by atoms with Crippen LogP contribution in [-0.2, 0) is 0 Å². The molecule has 0 unspecified atom stereocenters. The van der Waals surface area contributed by atoms with E-state index in [1.54, 1.807) is 11.6 Å². The first kappa shape index (κ1) is 10.8. The predicted octanol–water partition coefficient (Wildman–Crippen LogP) is 2.03. The third kappa shape index (κ3) is 2.29. The van der Waals surface area contributed by atoms with E-state index in [-0.39, 0.29) is 22.3 Å². The standard InChI is InChI=1S/C9H7ClN4OS/c10-7-3-5(6(11)4-13-7)8(15)14-9-12-1-2-16-9/h1-4H,11H2,(H,12,14,15). The van der Waals surface area contributed by atoms with Crippen LogP contribution >= 0.6 is 22.9 Å². The second kappa shape index (κ2) is 4.46. The summed E-state index contributed by atoms with van der Waals surface area (Å²) in [4.78, 5) is 19.5. The van der Waals surface area contributed by atoms with E-state index >= 15 is 0 Å². The second-order valence-corrected chi connectivity index (χ2v) is 4.17. The molecule has 5 nitrogen and oxygen atoms in total. The lowest BCUT2D eigenvalue weighted by Crippen LogP contribution is -2.14. The summed E-state index contributed by atoms with van der Waals surface area (Å²) in [5, 5.41) is 5.10. The fourth-order valence-corrected chi connectivity index (χ4v) is 1.77. The fraction of sp³-hybridized carbons (Fsp3) is 0. The molecule has 16 heavy (non-hydrogen) atoms. The third-order valence-corrected chi connectivity index (χ3v) is 2.69. The van der Waals surface area contributed by atoms with E-state index in [2.05, 4.69) is 15.3 Å². The van der Waals surface area contributed by atoms with Crippen molar-refractivity contribution in [3.05, 3.63) is 34.6 Å². The van der Waals surface area contributed by atoms with E-state index in [9.17, 15) is 4.79 Å². The van der Waals surface area contributed by atoms with Crippen LogP contribution in [0.25, 0.3) is 0 Å². The zero-order valence-corrected chi connectivity index (χ0v) is 9.55. The minimum Gasteiger partial charge on any atom is -0.397 e. The van der Waals surface area contributed by atoms with Gasteiger partial charge in [0.25, 0.3) is 5.91 Å². The number of carbonyl (C=O) groups excluding carboxylic acids is 1. The summed E-state index contributed by atoms with van der Waals surface area (Å²) < 4.78 is 0. The maximum atomic E-state index is 11.8. The highest BCUT2D eigenvalue weighted by Crippen LogP contribution is 2.18. The second-order valence-electron chi connectivity index (χ2n) is 2.89. The molecule has 0 aliphatic rings. The largest absolute Gasteiger partial charge is 0.397 e. The van der Waals surface area contributed by atoms with Gasteiger partial charge in [0.15, 0.2) is 5.13 Å². The lowest BCUT2D eigenvalue weighted by Gasteiger charge is -2.04. The van der Waals surface area contributed by atoms with Crippen LogP contribution in [0, 0.1) is 0 Å². The lowest BCUT2D eigenvalue weighted by atomic mass is 10.2. The van der Waals surface area contributed by atoms with Gasteiger partial charge in [-0.1, -0.05) is 11.6 Å². The highest BCUT2D eigenvalue weighted by molar-refractivity contribution is 7.13. The van der Waals surface area contributed by atoms with E-state index < -0.39 is 0 Å². The lowest BCUT2D eigenvalue weighted by molar-refractivity contribution is 0.102. The predicted molar refractivity (Wildman–Crippen MR) is 63.7 cm³/mol. The van der Waals surface area contributed by atoms with Crippen molar-refractivity contribution in [3.63, 3.8) is 0 Å². The number of hydrogen-bond donors (Lipinski definition) is 2. The van der Waals surface area contributed by atoms with Crippen molar-refractivity contribution < 1.29 is 4.79 Å². The van der Waals surface area contributed by atoms with Gasteiger partial charge in [0.1, 0.15) is 5.15 Å². The molecule has 0 aromatic carbocycles. The minimum atomic E-state index is -0.350. The number of nitrogens with one attached hydrogen (secondary N) is 1. The van der Waals surface area contributed by atoms with E-state index in [0.29, 0.717) is 5.13 Å². The van der Waals surface area contributed by atoms with Gasteiger partial charge in [0.05, 0.1) is 17.4 Å². The Bertz CT molecular complexity index is 514. The Balaban J connectivity index is 2.24. The van der Waals surface area contributed by atoms with E-state index in [0.717, 1.165) is 0 Å². The molecule has 0 fully saturated rings. The molecule has 3 N–H and O–H groups in total. The summed E-state index contributed by atoms with van der Waals surface area (Å²) in [7, 11) is 0. The number of amides is 1. The minimum absolute atomic E-state index is 0.221. The monoisotopic (exact) mass is 254 g/mol. The Kier molecular flexibility index (Phi) is 3.02. The summed E-state index contributed by atoms with van der Waals surface area (Å²) in [6.45, 7) is 0. The van der Waals surface area contributed by atoms with Crippen LogP contribution in [0.3, 0.4) is 0 Å². The van der Waals surface area contributed by atoms with Gasteiger partial charge in [-0.3, -0.25) is 10.1 Å². The normalized spacial score (nSPS) is 10.1. The van der Waals surface area contributed by atoms with Crippen LogP contribution in [0.1, 0.15) is 10.4 Å². The molecule has 0 saturated carbocycles. The van der Waals surface area contributed by atoms with Crippen molar-refractivity contribution in [2.24, 2.45) is 0 Å². The first-order valence-electron chi connectivity index (χ1n) is 4.28. The molecule has 0 bridgehead atoms. The van der Waals surface area contributed by atoms with Crippen molar-refractivity contribution in [2.75, 3.05) is 11.1 Å². The van der Waals surface area contributed by atoms with Gasteiger partial charge in [0.2, 0.25) is 0 Å². The average molecular weight is 255 g/mol. The zero-order chi connectivity index (χ0) is 11.5. The first-order chi connectivity index (χ1) is 7.66. The zero-order valence-electron chi connectivity index (χ0n) is 7.98. The van der Waals surface area contributed by atoms with Crippen LogP contribution in [0.4, 0.5) is 10.8 Å². The molecule has 7 heteroatoms. The Morgan fingerprint density at radius 2 is 2.31 bits per heavy atom. The maximum absolute atomic E-state index is 11.8. The highest BCUT2D eigenvalue weighted by atomic mass is 35.5. The first-order valence-corrected chi connectivity index (χ1v) is 5.54. The van der Waals surface area contributed by atoms with E-state index in [1.165, 1.54) is 23.6 Å². The fourth-order valence-electron chi connectivity index (χ4n) is 1.09. The molecule has 0 saturated heterocycles. The Labute approximate surface area is 100 Å². The van der Waals surface area contributed by atoms with Gasteiger partial charge >= 0.3 is 0 Å². The Morgan fingerprint density at radius 3 is 3.00 bits per heavy atom. The molecule has 2 heterocycles. The summed E-state index contributed by atoms with van der Waals surface area (Å²) in [5.41, 5.74) is 6.18. The van der Waals surface area contributed by atoms with Gasteiger partial charge in [-0.2, -0.15) is 0 Å². The van der Waals surface area contributed by atoms with Crippen molar-refractivity contribution in [2.45, 2.75) is 0 Å². The number of hydrogen-bond acceptors (Lipinski definition) is 5. The molecule has 2 aromatic heterocycles. The highest BCUT2D eigenvalue weighted by Gasteiger charge is 2.12. The van der Waals surface area contributed by atoms with E-state index in [1.807, 2.05) is 0 Å². The van der Waals surface area contributed by atoms with Gasteiger partial charge < -0.3 is 5.73 Å². The molecule has 0 aliphatic heterocycles. The molecule has 2 rings (SSSR count). The van der Waals surface area contributed by atoms with Crippen LogP contribution in [0.5, 0.6) is 0 Å². The van der Waals surface area contributed by atoms with Crippen molar-refractivity contribution in [1.29, 1.82) is 0 Å². The van der Waals surface area contributed by atoms with Gasteiger partial charge in [-0.05, 0) is 6.07 Å². The quantitative estimate of drug-likeness (QED) is 0.804. The molecule has 2 aromatic rings. The summed E-state index contributed by atoms with van der Waals surface area (Å²) in [5.74, 6) is -0.350. The number of aromatic nitrogens is 2. The molecule has 1 amide bonds. The van der Waals surface area contributed by atoms with Crippen molar-refractivity contribution in [1.82, 2.24) is 9.97 Å². The summed E-state index contributed by atoms with van der Waals surface area (Å²) in [6.07, 6.45) is 2.95. The third-order valence-electron chi connectivity index (χ3n) is 1.80. The van der Waals surface area contributed by atoms with Gasteiger partial charge in [0, 0.05) is 11.6 Å². The number of nitrogens with zero attached hydrogens (tertiary/aromatic N) is 2. The van der Waals surface area contributed by atoms with Crippen molar-refractivity contribution >= 4 is 39.7 Å². The molecular weight excluding hydrogens is 248 g/mol. The number of anilines is 2. The van der Waals surface area contributed by atoms with Crippen molar-refractivity contribution in [3.8, 4) is 0 Å². The van der Waals surface area contributed by atoms with Crippen LogP contribution in [0.15, 0.2) is 23.8 Å². The Hall–Kier alpha value is -1.66. The number of nitrogen functional groups attached to an aromatic ring is 1. The van der Waals surface area contributed by atoms with Crippen LogP contribution in [0.2, 0.25) is 5.15 Å². The summed E-state index contributed by atoms with van der Waals surface area (Å²) in [6, 6.07) is 1.42. The number of carbonyl (C=O) groups is 1. The smallest absolute Gasteiger partial charge is 0.259 e. The van der Waals surface area contributed by atoms with Crippen LogP contribution in [-0.4, -0.2) is 15.9 Å². The SMILES string of the molecule is Nc1cnc(Cl)cc1C(=O)Nc1nccs1. The molecule has 0 aliphatic carbocycles. The number of pyridine rings is 1. The molecule has 0 radical (unpaired) electrons. The van der Waals surface area contributed by atoms with Gasteiger partial charge in [-0.15, -0.1) is 11.3 Å². The number of rotatable bonds is 2. The van der Waals surface area contributed by atoms with Gasteiger partial charge in [-0.25, -0.2) is 9.97 Å². The molecule has 0 atom stereocenters. The topological polar surface area (TPSA) is 80.9 Å². The average Bonchev–Trinajstić information content (AvgIpc) is 2.74. The maximum Gasteiger partial charge on any atom is 0.259 e.